The number of H-pyrrole nitrogens is 1. The number of phenols is 1. The molecule has 2 aliphatic heterocycles. The van der Waals surface area contributed by atoms with Gasteiger partial charge in [0.2, 0.25) is 0 Å². The summed E-state index contributed by atoms with van der Waals surface area (Å²) in [5, 5.41) is 23.4. The minimum Gasteiger partial charge on any atom is -0.507 e. The lowest BCUT2D eigenvalue weighted by molar-refractivity contribution is 0.0784. The van der Waals surface area contributed by atoms with Crippen molar-refractivity contribution in [2.45, 2.75) is 63.1 Å². The first-order valence-corrected chi connectivity index (χ1v) is 11.5. The van der Waals surface area contributed by atoms with E-state index in [-0.39, 0.29) is 16.8 Å². The summed E-state index contributed by atoms with van der Waals surface area (Å²) in [6.07, 6.45) is 7.31. The highest BCUT2D eigenvalue weighted by Gasteiger charge is 2.46. The summed E-state index contributed by atoms with van der Waals surface area (Å²) in [5.41, 5.74) is 2.39. The van der Waals surface area contributed by atoms with Crippen LogP contribution in [0.15, 0.2) is 47.4 Å². The van der Waals surface area contributed by atoms with Crippen molar-refractivity contribution in [3.8, 4) is 28.3 Å². The molecule has 172 valence electrons. The second-order valence-corrected chi connectivity index (χ2v) is 10.1. The number of nitrogens with zero attached hydrogens (tertiary/aromatic N) is 4. The third kappa shape index (κ3) is 4.23. The van der Waals surface area contributed by atoms with Crippen LogP contribution in [0.1, 0.15) is 46.0 Å². The first-order chi connectivity index (χ1) is 15.7. The summed E-state index contributed by atoms with van der Waals surface area (Å²) in [4.78, 5) is 20.0. The van der Waals surface area contributed by atoms with Crippen molar-refractivity contribution in [3.63, 3.8) is 0 Å². The van der Waals surface area contributed by atoms with Gasteiger partial charge in [0.1, 0.15) is 5.75 Å². The largest absolute Gasteiger partial charge is 0.507 e. The maximum absolute atomic E-state index is 11.5. The van der Waals surface area contributed by atoms with E-state index in [2.05, 4.69) is 51.3 Å². The summed E-state index contributed by atoms with van der Waals surface area (Å²) >= 11 is 0. The Labute approximate surface area is 193 Å². The van der Waals surface area contributed by atoms with E-state index in [0.717, 1.165) is 18.7 Å². The number of hydrogen-bond donors (Lipinski definition) is 3. The lowest BCUT2D eigenvalue weighted by Gasteiger charge is -2.55. The van der Waals surface area contributed by atoms with Crippen LogP contribution >= 0.6 is 0 Å². The molecule has 0 amide bonds. The van der Waals surface area contributed by atoms with Crippen LogP contribution in [0.5, 0.6) is 5.75 Å². The van der Waals surface area contributed by atoms with Crippen LogP contribution in [0, 0.1) is 0 Å². The van der Waals surface area contributed by atoms with E-state index in [4.69, 9.17) is 0 Å². The van der Waals surface area contributed by atoms with Crippen molar-refractivity contribution in [2.75, 3.05) is 11.9 Å². The van der Waals surface area contributed by atoms with Crippen LogP contribution in [-0.4, -0.2) is 49.4 Å². The summed E-state index contributed by atoms with van der Waals surface area (Å²) in [6.45, 7) is 4.68. The SMILES string of the molecule is CN(c1ccc(-c2ccc(-c3ccnc(=O)[nH]3)cc2O)nn1)C1C[C@]2(C)CCC[C@](C)(C1)N2. The van der Waals surface area contributed by atoms with Gasteiger partial charge in [-0.3, -0.25) is 0 Å². The van der Waals surface area contributed by atoms with Gasteiger partial charge in [-0.25, -0.2) is 9.78 Å². The molecule has 5 rings (SSSR count). The van der Waals surface area contributed by atoms with Gasteiger partial charge in [0, 0.05) is 41.5 Å². The van der Waals surface area contributed by atoms with Crippen molar-refractivity contribution < 1.29 is 5.11 Å². The van der Waals surface area contributed by atoms with Gasteiger partial charge in [-0.05, 0) is 76.3 Å². The fourth-order valence-corrected chi connectivity index (χ4v) is 5.71. The van der Waals surface area contributed by atoms with Crippen LogP contribution < -0.4 is 15.9 Å². The molecule has 33 heavy (non-hydrogen) atoms. The van der Waals surface area contributed by atoms with Crippen LogP contribution in [-0.2, 0) is 0 Å². The predicted molar refractivity (Wildman–Crippen MR) is 128 cm³/mol. The van der Waals surface area contributed by atoms with E-state index >= 15 is 0 Å². The minimum absolute atomic E-state index is 0.0765. The fraction of sp³-hybridized carbons (Fsp3) is 0.440. The molecule has 0 spiro atoms. The smallest absolute Gasteiger partial charge is 0.345 e. The van der Waals surface area contributed by atoms with Gasteiger partial charge in [-0.15, -0.1) is 10.2 Å². The minimum atomic E-state index is -0.429. The average Bonchev–Trinajstić information content (AvgIpc) is 2.77. The molecule has 1 unspecified atom stereocenters. The van der Waals surface area contributed by atoms with Gasteiger partial charge in [0.15, 0.2) is 5.82 Å². The third-order valence-corrected chi connectivity index (χ3v) is 7.25. The molecule has 2 aromatic heterocycles. The lowest BCUT2D eigenvalue weighted by Crippen LogP contribution is -2.66. The number of aromatic hydroxyl groups is 1. The molecule has 3 aromatic rings. The molecule has 0 radical (unpaired) electrons. The molecular formula is C25H30N6O2. The van der Waals surface area contributed by atoms with Crippen LogP contribution in [0.3, 0.4) is 0 Å². The molecule has 2 bridgehead atoms. The number of nitrogens with one attached hydrogen (secondary N) is 2. The molecular weight excluding hydrogens is 416 g/mol. The average molecular weight is 447 g/mol. The monoisotopic (exact) mass is 446 g/mol. The number of aromatic nitrogens is 4. The molecule has 2 aliphatic rings. The molecule has 8 heteroatoms. The van der Waals surface area contributed by atoms with Gasteiger partial charge >= 0.3 is 5.69 Å². The van der Waals surface area contributed by atoms with E-state index in [1.807, 2.05) is 18.2 Å². The molecule has 2 fully saturated rings. The summed E-state index contributed by atoms with van der Waals surface area (Å²) < 4.78 is 0. The molecule has 3 atom stereocenters. The number of benzene rings is 1. The Hall–Kier alpha value is -3.26. The zero-order valence-corrected chi connectivity index (χ0v) is 19.3. The van der Waals surface area contributed by atoms with E-state index < -0.39 is 5.69 Å². The Kier molecular flexibility index (Phi) is 5.20. The summed E-state index contributed by atoms with van der Waals surface area (Å²) in [7, 11) is 2.10. The topological polar surface area (TPSA) is 107 Å². The number of phenolic OH excluding ortho intramolecular Hbond substituents is 1. The number of fused-ring (bicyclic) bond motifs is 2. The highest BCUT2D eigenvalue weighted by molar-refractivity contribution is 5.73. The number of hydrogen-bond acceptors (Lipinski definition) is 7. The van der Waals surface area contributed by atoms with Gasteiger partial charge in [0.05, 0.1) is 11.4 Å². The van der Waals surface area contributed by atoms with Crippen molar-refractivity contribution in [2.24, 2.45) is 0 Å². The molecule has 0 saturated carbocycles. The highest BCUT2D eigenvalue weighted by atomic mass is 16.3. The van der Waals surface area contributed by atoms with Crippen molar-refractivity contribution >= 4 is 5.82 Å². The third-order valence-electron chi connectivity index (χ3n) is 7.25. The lowest BCUT2D eigenvalue weighted by atomic mass is 9.69. The Morgan fingerprint density at radius 3 is 2.45 bits per heavy atom. The molecule has 1 aromatic carbocycles. The first-order valence-electron chi connectivity index (χ1n) is 11.5. The Balaban J connectivity index is 1.36. The number of rotatable bonds is 4. The molecule has 2 saturated heterocycles. The summed E-state index contributed by atoms with van der Waals surface area (Å²) in [5.74, 6) is 0.911. The number of anilines is 1. The molecule has 3 N–H and O–H groups in total. The Bertz CT molecular complexity index is 1210. The van der Waals surface area contributed by atoms with E-state index in [9.17, 15) is 9.90 Å². The fourth-order valence-electron chi connectivity index (χ4n) is 5.71. The maximum atomic E-state index is 11.5. The molecule has 8 nitrogen and oxygen atoms in total. The molecule has 0 aliphatic carbocycles. The van der Waals surface area contributed by atoms with Gasteiger partial charge < -0.3 is 20.3 Å². The normalized spacial score (nSPS) is 26.7. The quantitative estimate of drug-likeness (QED) is 0.563. The molecule has 4 heterocycles. The predicted octanol–water partition coefficient (Wildman–Crippen LogP) is 3.49. The Morgan fingerprint density at radius 2 is 1.82 bits per heavy atom. The van der Waals surface area contributed by atoms with E-state index in [1.165, 1.54) is 25.5 Å². The van der Waals surface area contributed by atoms with Crippen molar-refractivity contribution in [3.05, 3.63) is 53.1 Å². The standard InChI is InChI=1S/C25H30N6O2/c1-24-10-4-11-25(2,30-24)15-17(14-24)31(3)22-8-7-20(28-29-22)18-6-5-16(13-21(18)32)19-9-12-26-23(33)27-19/h5-9,12-13,17,30,32H,4,10-11,14-15H2,1-3H3,(H,26,27,33)/t17?,24-,25+. The number of aromatic amines is 1. The zero-order valence-electron chi connectivity index (χ0n) is 19.3. The van der Waals surface area contributed by atoms with Gasteiger partial charge in [0.25, 0.3) is 0 Å². The first kappa shape index (κ1) is 21.6. The second-order valence-electron chi connectivity index (χ2n) is 10.1. The van der Waals surface area contributed by atoms with Crippen molar-refractivity contribution in [1.29, 1.82) is 0 Å². The van der Waals surface area contributed by atoms with Crippen LogP contribution in [0.4, 0.5) is 5.82 Å². The van der Waals surface area contributed by atoms with Crippen LogP contribution in [0.25, 0.3) is 22.5 Å². The van der Waals surface area contributed by atoms with E-state index in [0.29, 0.717) is 28.6 Å². The zero-order chi connectivity index (χ0) is 23.2. The van der Waals surface area contributed by atoms with E-state index in [1.54, 1.807) is 18.2 Å². The van der Waals surface area contributed by atoms with Crippen LogP contribution in [0.2, 0.25) is 0 Å². The number of piperidine rings is 2. The Morgan fingerprint density at radius 1 is 1.06 bits per heavy atom. The summed E-state index contributed by atoms with van der Waals surface area (Å²) in [6, 6.07) is 11.2. The van der Waals surface area contributed by atoms with Crippen molar-refractivity contribution in [1.82, 2.24) is 25.5 Å². The highest BCUT2D eigenvalue weighted by Crippen LogP contribution is 2.42. The second kappa shape index (κ2) is 7.95. The van der Waals surface area contributed by atoms with Gasteiger partial charge in [-0.2, -0.15) is 0 Å². The maximum Gasteiger partial charge on any atom is 0.345 e. The van der Waals surface area contributed by atoms with Gasteiger partial charge in [-0.1, -0.05) is 6.07 Å².